The number of carbonyl (C=O) groups excluding carboxylic acids is 2. The van der Waals surface area contributed by atoms with Crippen LogP contribution in [-0.2, 0) is 16.1 Å². The van der Waals surface area contributed by atoms with Crippen LogP contribution < -0.4 is 15.4 Å². The molecule has 0 fully saturated rings. The first-order chi connectivity index (χ1) is 12.1. The molecule has 1 aliphatic heterocycles. The third kappa shape index (κ3) is 3.65. The fraction of sp³-hybridized carbons (Fsp3) is 0.222. The highest BCUT2D eigenvalue weighted by molar-refractivity contribution is 5.94. The number of benzene rings is 1. The molecule has 130 valence electrons. The summed E-state index contributed by atoms with van der Waals surface area (Å²) in [5, 5.41) is 5.26. The normalized spacial score (nSPS) is 16.9. The van der Waals surface area contributed by atoms with E-state index in [0.29, 0.717) is 22.8 Å². The number of hydrogen-bond acceptors (Lipinski definition) is 5. The number of ether oxygens (including phenoxy) is 2. The molecule has 2 aromatic rings. The lowest BCUT2D eigenvalue weighted by molar-refractivity contribution is -0.140. The second-order valence-corrected chi connectivity index (χ2v) is 5.51. The van der Waals surface area contributed by atoms with Crippen molar-refractivity contribution >= 4 is 12.0 Å². The van der Waals surface area contributed by atoms with Gasteiger partial charge in [-0.05, 0) is 36.8 Å². The average molecular weight is 342 g/mol. The van der Waals surface area contributed by atoms with E-state index in [0.717, 1.165) is 5.56 Å². The molecule has 25 heavy (non-hydrogen) atoms. The van der Waals surface area contributed by atoms with Gasteiger partial charge in [-0.25, -0.2) is 9.59 Å². The Hall–Kier alpha value is -3.22. The molecule has 2 amide bonds. The predicted molar refractivity (Wildman–Crippen MR) is 88.6 cm³/mol. The van der Waals surface area contributed by atoms with Crippen LogP contribution in [0.4, 0.5) is 4.79 Å². The fourth-order valence-corrected chi connectivity index (χ4v) is 2.62. The molecule has 1 aliphatic rings. The van der Waals surface area contributed by atoms with Crippen molar-refractivity contribution in [2.45, 2.75) is 19.6 Å². The van der Waals surface area contributed by atoms with Gasteiger partial charge in [-0.2, -0.15) is 0 Å². The molecule has 2 N–H and O–H groups in total. The zero-order chi connectivity index (χ0) is 17.8. The fourth-order valence-electron chi connectivity index (χ4n) is 2.62. The Bertz CT molecular complexity index is 811. The van der Waals surface area contributed by atoms with Gasteiger partial charge < -0.3 is 24.5 Å². The molecule has 7 heteroatoms. The summed E-state index contributed by atoms with van der Waals surface area (Å²) >= 11 is 0. The minimum absolute atomic E-state index is 0.0889. The first-order valence-electron chi connectivity index (χ1n) is 7.70. The molecule has 0 spiro atoms. The summed E-state index contributed by atoms with van der Waals surface area (Å²) in [6.07, 6.45) is 1.48. The number of rotatable bonds is 5. The van der Waals surface area contributed by atoms with E-state index in [1.165, 1.54) is 6.26 Å². The number of esters is 1. The van der Waals surface area contributed by atoms with Gasteiger partial charge in [0, 0.05) is 5.70 Å². The van der Waals surface area contributed by atoms with Gasteiger partial charge in [-0.15, -0.1) is 0 Å². The Morgan fingerprint density at radius 1 is 1.28 bits per heavy atom. The molecule has 0 saturated heterocycles. The molecule has 0 aliphatic carbocycles. The van der Waals surface area contributed by atoms with Gasteiger partial charge in [0.05, 0.1) is 18.9 Å². The average Bonchev–Trinajstić information content (AvgIpc) is 3.13. The second-order valence-electron chi connectivity index (χ2n) is 5.51. The van der Waals surface area contributed by atoms with Crippen LogP contribution >= 0.6 is 0 Å². The summed E-state index contributed by atoms with van der Waals surface area (Å²) in [4.78, 5) is 24.3. The number of amides is 2. The van der Waals surface area contributed by atoms with Crippen LogP contribution in [0.5, 0.6) is 5.75 Å². The van der Waals surface area contributed by atoms with Gasteiger partial charge in [-0.1, -0.05) is 12.1 Å². The lowest BCUT2D eigenvalue weighted by atomic mass is 10.0. The first kappa shape index (κ1) is 16.6. The molecule has 1 atom stereocenters. The highest BCUT2D eigenvalue weighted by atomic mass is 16.5. The largest absolute Gasteiger partial charge is 0.497 e. The molecular weight excluding hydrogens is 324 g/mol. The zero-order valence-electron chi connectivity index (χ0n) is 13.9. The summed E-state index contributed by atoms with van der Waals surface area (Å²) in [6, 6.07) is 9.55. The van der Waals surface area contributed by atoms with Gasteiger partial charge in [0.1, 0.15) is 24.2 Å². The molecule has 0 saturated carbocycles. The predicted octanol–water partition coefficient (Wildman–Crippen LogP) is 2.66. The lowest BCUT2D eigenvalue weighted by Crippen LogP contribution is -2.45. The highest BCUT2D eigenvalue weighted by Gasteiger charge is 2.33. The van der Waals surface area contributed by atoms with E-state index in [-0.39, 0.29) is 6.61 Å². The number of allylic oxidation sites excluding steroid dienone is 1. The smallest absolute Gasteiger partial charge is 0.338 e. The summed E-state index contributed by atoms with van der Waals surface area (Å²) in [5.74, 6) is 0.612. The number of methoxy groups -OCH3 is 1. The third-order valence-corrected chi connectivity index (χ3v) is 3.82. The molecule has 3 rings (SSSR count). The maximum atomic E-state index is 12.6. The minimum Gasteiger partial charge on any atom is -0.497 e. The number of furan rings is 1. The summed E-state index contributed by atoms with van der Waals surface area (Å²) in [5.41, 5.74) is 1.53. The Kier molecular flexibility index (Phi) is 4.74. The first-order valence-corrected chi connectivity index (χ1v) is 7.70. The quantitative estimate of drug-likeness (QED) is 0.816. The molecule has 0 radical (unpaired) electrons. The van der Waals surface area contributed by atoms with E-state index in [1.54, 1.807) is 32.2 Å². The van der Waals surface area contributed by atoms with Crippen molar-refractivity contribution in [1.82, 2.24) is 10.6 Å². The Balaban J connectivity index is 1.78. The number of nitrogens with one attached hydrogen (secondary N) is 2. The van der Waals surface area contributed by atoms with Crippen LogP contribution in [0.25, 0.3) is 0 Å². The Morgan fingerprint density at radius 3 is 2.84 bits per heavy atom. The van der Waals surface area contributed by atoms with Crippen LogP contribution in [0, 0.1) is 0 Å². The molecule has 2 heterocycles. The van der Waals surface area contributed by atoms with Gasteiger partial charge in [0.25, 0.3) is 0 Å². The highest BCUT2D eigenvalue weighted by Crippen LogP contribution is 2.28. The minimum atomic E-state index is -0.693. The topological polar surface area (TPSA) is 89.8 Å². The van der Waals surface area contributed by atoms with Crippen LogP contribution in [0.15, 0.2) is 58.3 Å². The molecule has 1 aromatic heterocycles. The van der Waals surface area contributed by atoms with E-state index in [9.17, 15) is 9.59 Å². The molecule has 7 nitrogen and oxygen atoms in total. The van der Waals surface area contributed by atoms with Crippen molar-refractivity contribution in [2.24, 2.45) is 0 Å². The SMILES string of the molecule is COc1cccc(COC(=O)C2=C(C)NC(=O)NC2c2ccco2)c1. The van der Waals surface area contributed by atoms with E-state index >= 15 is 0 Å². The van der Waals surface area contributed by atoms with Crippen molar-refractivity contribution < 1.29 is 23.5 Å². The Morgan fingerprint density at radius 2 is 2.12 bits per heavy atom. The van der Waals surface area contributed by atoms with E-state index < -0.39 is 18.0 Å². The maximum absolute atomic E-state index is 12.6. The van der Waals surface area contributed by atoms with Crippen molar-refractivity contribution in [2.75, 3.05) is 7.11 Å². The summed E-state index contributed by atoms with van der Waals surface area (Å²) < 4.78 is 15.9. The molecule has 1 aromatic carbocycles. The second kappa shape index (κ2) is 7.12. The van der Waals surface area contributed by atoms with Gasteiger partial charge in [0.15, 0.2) is 0 Å². The van der Waals surface area contributed by atoms with Crippen molar-refractivity contribution in [3.8, 4) is 5.75 Å². The van der Waals surface area contributed by atoms with Crippen LogP contribution in [0.1, 0.15) is 24.3 Å². The maximum Gasteiger partial charge on any atom is 0.338 e. The lowest BCUT2D eigenvalue weighted by Gasteiger charge is -2.26. The van der Waals surface area contributed by atoms with E-state index in [2.05, 4.69) is 10.6 Å². The summed E-state index contributed by atoms with van der Waals surface area (Å²) in [7, 11) is 1.57. The van der Waals surface area contributed by atoms with Crippen LogP contribution in [0.2, 0.25) is 0 Å². The van der Waals surface area contributed by atoms with Crippen LogP contribution in [0.3, 0.4) is 0 Å². The van der Waals surface area contributed by atoms with E-state index in [4.69, 9.17) is 13.9 Å². The van der Waals surface area contributed by atoms with Crippen molar-refractivity contribution in [3.05, 3.63) is 65.3 Å². The Labute approximate surface area is 144 Å². The third-order valence-electron chi connectivity index (χ3n) is 3.82. The van der Waals surface area contributed by atoms with Gasteiger partial charge >= 0.3 is 12.0 Å². The number of carbonyl (C=O) groups is 2. The molecule has 1 unspecified atom stereocenters. The monoisotopic (exact) mass is 342 g/mol. The van der Waals surface area contributed by atoms with Gasteiger partial charge in [0.2, 0.25) is 0 Å². The van der Waals surface area contributed by atoms with Crippen LogP contribution in [-0.4, -0.2) is 19.1 Å². The van der Waals surface area contributed by atoms with E-state index in [1.807, 2.05) is 18.2 Å². The summed E-state index contributed by atoms with van der Waals surface area (Å²) in [6.45, 7) is 1.74. The number of hydrogen-bond donors (Lipinski definition) is 2. The standard InChI is InChI=1S/C18H18N2O5/c1-11-15(16(20-18(22)19-11)14-7-4-8-24-14)17(21)25-10-12-5-3-6-13(9-12)23-2/h3-9,16H,10H2,1-2H3,(H2,19,20,22). The number of urea groups is 1. The molecular formula is C18H18N2O5. The van der Waals surface area contributed by atoms with Crippen molar-refractivity contribution in [3.63, 3.8) is 0 Å². The zero-order valence-corrected chi connectivity index (χ0v) is 13.9. The van der Waals surface area contributed by atoms with Gasteiger partial charge in [-0.3, -0.25) is 0 Å². The molecule has 0 bridgehead atoms. The van der Waals surface area contributed by atoms with Crippen molar-refractivity contribution in [1.29, 1.82) is 0 Å².